The number of alkyl halides is 3. The number of aryl methyl sites for hydroxylation is 1. The Labute approximate surface area is 195 Å². The van der Waals surface area contributed by atoms with Crippen LogP contribution >= 0.6 is 11.6 Å². The van der Waals surface area contributed by atoms with Gasteiger partial charge >= 0.3 is 6.18 Å². The molecule has 0 bridgehead atoms. The lowest BCUT2D eigenvalue weighted by molar-refractivity contribution is -0.137. The minimum absolute atomic E-state index is 0.0926. The molecule has 0 aliphatic heterocycles. The second-order valence-electron chi connectivity index (χ2n) is 7.23. The van der Waals surface area contributed by atoms with Gasteiger partial charge in [0.25, 0.3) is 15.6 Å². The van der Waals surface area contributed by atoms with Crippen molar-refractivity contribution in [2.24, 2.45) is 0 Å². The second-order valence-corrected chi connectivity index (χ2v) is 9.29. The molecule has 4 rings (SSSR count). The van der Waals surface area contributed by atoms with Crippen LogP contribution < -0.4 is 10.3 Å². The highest BCUT2D eigenvalue weighted by Crippen LogP contribution is 2.34. The molecule has 0 unspecified atom stereocenters. The normalized spacial score (nSPS) is 12.2. The SMILES string of the molecule is Cc1nc2ccccc2c(=O)n1-c1ccc(F)c(NS(=O)(=O)c2cc(C(F)(F)F)ccc2Cl)c1. The lowest BCUT2D eigenvalue weighted by Crippen LogP contribution is -2.23. The number of aromatic nitrogens is 2. The largest absolute Gasteiger partial charge is 0.416 e. The van der Waals surface area contributed by atoms with Crippen LogP contribution in [0.5, 0.6) is 0 Å². The minimum atomic E-state index is -4.82. The van der Waals surface area contributed by atoms with Crippen molar-refractivity contribution >= 4 is 38.2 Å². The Bertz CT molecular complexity index is 1600. The Kier molecular flexibility index (Phi) is 5.86. The van der Waals surface area contributed by atoms with E-state index in [0.717, 1.165) is 22.8 Å². The van der Waals surface area contributed by atoms with Gasteiger partial charge in [0.05, 0.1) is 32.9 Å². The van der Waals surface area contributed by atoms with Crippen molar-refractivity contribution in [2.45, 2.75) is 18.0 Å². The van der Waals surface area contributed by atoms with Crippen LogP contribution in [0.25, 0.3) is 16.6 Å². The molecule has 0 saturated carbocycles. The molecule has 176 valence electrons. The number of hydrogen-bond acceptors (Lipinski definition) is 4. The monoisotopic (exact) mass is 511 g/mol. The van der Waals surface area contributed by atoms with Crippen LogP contribution in [0.4, 0.5) is 23.2 Å². The maximum atomic E-state index is 14.5. The van der Waals surface area contributed by atoms with Crippen molar-refractivity contribution in [1.29, 1.82) is 0 Å². The van der Waals surface area contributed by atoms with Crippen LogP contribution in [0.1, 0.15) is 11.4 Å². The smallest absolute Gasteiger partial charge is 0.277 e. The Balaban J connectivity index is 1.81. The third-order valence-corrected chi connectivity index (χ3v) is 6.79. The Morgan fingerprint density at radius 1 is 1.03 bits per heavy atom. The van der Waals surface area contributed by atoms with Gasteiger partial charge in [0, 0.05) is 0 Å². The van der Waals surface area contributed by atoms with E-state index < -0.39 is 48.7 Å². The van der Waals surface area contributed by atoms with Crippen molar-refractivity contribution in [3.8, 4) is 5.69 Å². The second kappa shape index (κ2) is 8.41. The van der Waals surface area contributed by atoms with Gasteiger partial charge in [-0.15, -0.1) is 0 Å². The molecule has 0 radical (unpaired) electrons. The summed E-state index contributed by atoms with van der Waals surface area (Å²) in [6, 6.07) is 11.5. The summed E-state index contributed by atoms with van der Waals surface area (Å²) in [5, 5.41) is -0.196. The lowest BCUT2D eigenvalue weighted by atomic mass is 10.2. The molecule has 12 heteroatoms. The van der Waals surface area contributed by atoms with Crippen LogP contribution in [-0.4, -0.2) is 18.0 Å². The molecule has 0 fully saturated rings. The van der Waals surface area contributed by atoms with E-state index in [0.29, 0.717) is 17.6 Å². The Morgan fingerprint density at radius 3 is 2.44 bits per heavy atom. The van der Waals surface area contributed by atoms with Gasteiger partial charge in [0.2, 0.25) is 0 Å². The van der Waals surface area contributed by atoms with Gasteiger partial charge in [-0.05, 0) is 55.5 Å². The van der Waals surface area contributed by atoms with Crippen molar-refractivity contribution < 1.29 is 26.0 Å². The summed E-state index contributed by atoms with van der Waals surface area (Å²) >= 11 is 5.83. The van der Waals surface area contributed by atoms with Gasteiger partial charge in [-0.25, -0.2) is 17.8 Å². The fraction of sp³-hybridized carbons (Fsp3) is 0.0909. The predicted molar refractivity (Wildman–Crippen MR) is 119 cm³/mol. The summed E-state index contributed by atoms with van der Waals surface area (Å²) < 4.78 is 82.3. The topological polar surface area (TPSA) is 81.1 Å². The standard InChI is InChI=1S/C22H14ClF4N3O3S/c1-12-28-18-5-3-2-4-15(18)21(31)30(12)14-7-9-17(24)19(11-14)29-34(32,33)20-10-13(22(25,26)27)6-8-16(20)23/h2-11,29H,1H3. The van der Waals surface area contributed by atoms with Gasteiger partial charge in [0.1, 0.15) is 16.5 Å². The highest BCUT2D eigenvalue weighted by Gasteiger charge is 2.33. The lowest BCUT2D eigenvalue weighted by Gasteiger charge is -2.15. The Morgan fingerprint density at radius 2 is 1.74 bits per heavy atom. The fourth-order valence-corrected chi connectivity index (χ4v) is 4.95. The first kappa shape index (κ1) is 23.7. The van der Waals surface area contributed by atoms with Crippen molar-refractivity contribution in [2.75, 3.05) is 4.72 Å². The number of halogens is 5. The zero-order valence-corrected chi connectivity index (χ0v) is 18.8. The number of fused-ring (bicyclic) bond motifs is 1. The van der Waals surface area contributed by atoms with Gasteiger partial charge in [-0.2, -0.15) is 13.2 Å². The maximum absolute atomic E-state index is 14.5. The number of para-hydroxylation sites is 1. The van der Waals surface area contributed by atoms with E-state index in [1.54, 1.807) is 31.2 Å². The molecule has 0 saturated heterocycles. The van der Waals surface area contributed by atoms with Crippen LogP contribution in [0, 0.1) is 12.7 Å². The maximum Gasteiger partial charge on any atom is 0.416 e. The zero-order valence-electron chi connectivity index (χ0n) is 17.2. The van der Waals surface area contributed by atoms with Crippen LogP contribution in [0.3, 0.4) is 0 Å². The van der Waals surface area contributed by atoms with E-state index in [1.807, 2.05) is 4.72 Å². The third-order valence-electron chi connectivity index (χ3n) is 4.94. The van der Waals surface area contributed by atoms with Gasteiger partial charge in [0.15, 0.2) is 0 Å². The molecule has 4 aromatic rings. The summed E-state index contributed by atoms with van der Waals surface area (Å²) in [6.07, 6.45) is -4.82. The number of nitrogens with zero attached hydrogens (tertiary/aromatic N) is 2. The first-order chi connectivity index (χ1) is 15.9. The molecule has 3 aromatic carbocycles. The van der Waals surface area contributed by atoms with E-state index in [4.69, 9.17) is 11.6 Å². The molecule has 0 amide bonds. The summed E-state index contributed by atoms with van der Waals surface area (Å²) in [7, 11) is -4.73. The van der Waals surface area contributed by atoms with Gasteiger partial charge in [-0.3, -0.25) is 14.1 Å². The average molecular weight is 512 g/mol. The van der Waals surface area contributed by atoms with Crippen molar-refractivity contribution in [3.63, 3.8) is 0 Å². The highest BCUT2D eigenvalue weighted by molar-refractivity contribution is 7.92. The molecular weight excluding hydrogens is 498 g/mol. The fourth-order valence-electron chi connectivity index (χ4n) is 3.36. The van der Waals surface area contributed by atoms with E-state index in [-0.39, 0.29) is 16.9 Å². The van der Waals surface area contributed by atoms with Crippen molar-refractivity contribution in [3.05, 3.63) is 93.2 Å². The number of hydrogen-bond donors (Lipinski definition) is 1. The van der Waals surface area contributed by atoms with Gasteiger partial charge in [-0.1, -0.05) is 23.7 Å². The number of anilines is 1. The first-order valence-corrected chi connectivity index (χ1v) is 11.4. The molecule has 0 atom stereocenters. The summed E-state index contributed by atoms with van der Waals surface area (Å²) in [5.41, 5.74) is -1.76. The van der Waals surface area contributed by atoms with Crippen molar-refractivity contribution in [1.82, 2.24) is 9.55 Å². The minimum Gasteiger partial charge on any atom is -0.277 e. The number of nitrogens with one attached hydrogen (secondary N) is 1. The van der Waals surface area contributed by atoms with E-state index in [9.17, 15) is 30.8 Å². The number of rotatable bonds is 4. The third kappa shape index (κ3) is 4.36. The molecule has 1 heterocycles. The molecule has 0 aliphatic rings. The van der Waals surface area contributed by atoms with Crippen LogP contribution in [0.15, 0.2) is 70.4 Å². The van der Waals surface area contributed by atoms with E-state index >= 15 is 0 Å². The molecule has 6 nitrogen and oxygen atoms in total. The Hall–Kier alpha value is -3.44. The molecule has 1 aromatic heterocycles. The zero-order chi connectivity index (χ0) is 24.8. The highest BCUT2D eigenvalue weighted by atomic mass is 35.5. The van der Waals surface area contributed by atoms with Gasteiger partial charge < -0.3 is 0 Å². The van der Waals surface area contributed by atoms with Crippen LogP contribution in [0.2, 0.25) is 5.02 Å². The first-order valence-electron chi connectivity index (χ1n) is 9.56. The molecule has 34 heavy (non-hydrogen) atoms. The number of sulfonamides is 1. The summed E-state index contributed by atoms with van der Waals surface area (Å²) in [6.45, 7) is 1.55. The molecule has 0 spiro atoms. The predicted octanol–water partition coefficient (Wildman–Crippen LogP) is 5.31. The molecule has 0 aliphatic carbocycles. The van der Waals surface area contributed by atoms with E-state index in [2.05, 4.69) is 4.98 Å². The summed E-state index contributed by atoms with van der Waals surface area (Å²) in [4.78, 5) is 16.5. The molecular formula is C22H14ClF4N3O3S. The number of benzene rings is 3. The average Bonchev–Trinajstić information content (AvgIpc) is 2.75. The van der Waals surface area contributed by atoms with Crippen LogP contribution in [-0.2, 0) is 16.2 Å². The summed E-state index contributed by atoms with van der Waals surface area (Å²) in [5.74, 6) is -0.764. The molecule has 1 N–H and O–H groups in total. The van der Waals surface area contributed by atoms with E-state index in [1.165, 1.54) is 6.07 Å². The quantitative estimate of drug-likeness (QED) is 0.377.